The Morgan fingerprint density at radius 2 is 2.47 bits per heavy atom. The average Bonchev–Trinajstić information content (AvgIpc) is 2.55. The number of nitrogens with two attached hydrogens (primary N) is 1. The van der Waals surface area contributed by atoms with E-state index in [4.69, 9.17) is 11.0 Å². The highest BCUT2D eigenvalue weighted by Crippen LogP contribution is 2.36. The normalized spacial score (nSPS) is 29.8. The van der Waals surface area contributed by atoms with Crippen LogP contribution >= 0.6 is 0 Å². The first-order valence-electron chi connectivity index (χ1n) is 5.52. The van der Waals surface area contributed by atoms with Gasteiger partial charge in [-0.1, -0.05) is 6.42 Å². The lowest BCUT2D eigenvalue weighted by molar-refractivity contribution is -0.130. The predicted molar refractivity (Wildman–Crippen MR) is 57.8 cm³/mol. The first kappa shape index (κ1) is 12.0. The number of amides is 1. The van der Waals surface area contributed by atoms with Gasteiger partial charge in [0.1, 0.15) is 0 Å². The van der Waals surface area contributed by atoms with Gasteiger partial charge < -0.3 is 11.1 Å². The van der Waals surface area contributed by atoms with Crippen molar-refractivity contribution < 1.29 is 4.79 Å². The van der Waals surface area contributed by atoms with E-state index in [0.717, 1.165) is 19.3 Å². The fourth-order valence-corrected chi connectivity index (χ4v) is 2.05. The molecule has 0 spiro atoms. The second-order valence-corrected chi connectivity index (χ2v) is 4.43. The van der Waals surface area contributed by atoms with Gasteiger partial charge in [-0.05, 0) is 26.2 Å². The molecule has 1 fully saturated rings. The molecular weight excluding hydrogens is 190 g/mol. The third-order valence-corrected chi connectivity index (χ3v) is 3.30. The van der Waals surface area contributed by atoms with E-state index in [1.165, 1.54) is 0 Å². The van der Waals surface area contributed by atoms with Crippen molar-refractivity contribution in [1.82, 2.24) is 5.32 Å². The highest BCUT2D eigenvalue weighted by molar-refractivity contribution is 5.83. The smallest absolute Gasteiger partial charge is 0.227 e. The number of unbranched alkanes of at least 4 members (excludes halogenated alkanes) is 1. The summed E-state index contributed by atoms with van der Waals surface area (Å²) in [5, 5.41) is 11.2. The van der Waals surface area contributed by atoms with E-state index in [-0.39, 0.29) is 11.9 Å². The summed E-state index contributed by atoms with van der Waals surface area (Å²) in [4.78, 5) is 11.9. The van der Waals surface area contributed by atoms with Crippen molar-refractivity contribution >= 4 is 5.91 Å². The molecule has 0 aromatic carbocycles. The molecule has 84 valence electrons. The zero-order chi connectivity index (χ0) is 11.3. The molecule has 0 heterocycles. The molecule has 1 saturated carbocycles. The second-order valence-electron chi connectivity index (χ2n) is 4.43. The molecule has 0 saturated heterocycles. The number of carbonyl (C=O) groups is 1. The maximum atomic E-state index is 11.9. The van der Waals surface area contributed by atoms with E-state index < -0.39 is 5.41 Å². The maximum Gasteiger partial charge on any atom is 0.227 e. The molecule has 4 heteroatoms. The van der Waals surface area contributed by atoms with Crippen molar-refractivity contribution in [1.29, 1.82) is 5.26 Å². The number of rotatable bonds is 4. The lowest BCUT2D eigenvalue weighted by atomic mass is 9.84. The quantitative estimate of drug-likeness (QED) is 0.676. The average molecular weight is 209 g/mol. The summed E-state index contributed by atoms with van der Waals surface area (Å²) in [6.07, 6.45) is 4.04. The minimum absolute atomic E-state index is 0.0199. The topological polar surface area (TPSA) is 78.9 Å². The van der Waals surface area contributed by atoms with Gasteiger partial charge in [0.15, 0.2) is 0 Å². The number of nitriles is 1. The molecule has 2 atom stereocenters. The van der Waals surface area contributed by atoms with Gasteiger partial charge in [0, 0.05) is 19.0 Å². The Balaban J connectivity index is 2.36. The Labute approximate surface area is 90.8 Å². The molecule has 4 nitrogen and oxygen atoms in total. The molecule has 0 aromatic heterocycles. The van der Waals surface area contributed by atoms with E-state index in [1.807, 2.05) is 6.92 Å². The minimum atomic E-state index is -0.396. The van der Waals surface area contributed by atoms with Crippen LogP contribution in [0.5, 0.6) is 0 Å². The van der Waals surface area contributed by atoms with Crippen LogP contribution in [0.4, 0.5) is 0 Å². The highest BCUT2D eigenvalue weighted by atomic mass is 16.2. The molecule has 1 aliphatic rings. The molecule has 15 heavy (non-hydrogen) atoms. The van der Waals surface area contributed by atoms with Crippen molar-refractivity contribution in [2.45, 2.75) is 45.1 Å². The number of hydrogen-bond donors (Lipinski definition) is 2. The Morgan fingerprint density at radius 3 is 3.00 bits per heavy atom. The Kier molecular flexibility index (Phi) is 4.10. The number of nitrogens with one attached hydrogen (secondary N) is 1. The van der Waals surface area contributed by atoms with Crippen molar-refractivity contribution in [3.8, 4) is 6.07 Å². The van der Waals surface area contributed by atoms with Crippen molar-refractivity contribution in [3.63, 3.8) is 0 Å². The molecule has 0 radical (unpaired) electrons. The van der Waals surface area contributed by atoms with Gasteiger partial charge in [-0.25, -0.2) is 0 Å². The molecule has 1 amide bonds. The van der Waals surface area contributed by atoms with Crippen LogP contribution in [-0.2, 0) is 4.79 Å². The van der Waals surface area contributed by atoms with Crippen molar-refractivity contribution in [3.05, 3.63) is 0 Å². The molecule has 1 aliphatic carbocycles. The van der Waals surface area contributed by atoms with Crippen LogP contribution in [0.2, 0.25) is 0 Å². The molecular formula is C11H19N3O. The van der Waals surface area contributed by atoms with Crippen molar-refractivity contribution in [2.24, 2.45) is 11.1 Å². The summed E-state index contributed by atoms with van der Waals surface area (Å²) in [6.45, 7) is 2.51. The Bertz CT molecular complexity index is 271. The predicted octanol–water partition coefficient (Wildman–Crippen LogP) is 0.924. The van der Waals surface area contributed by atoms with Crippen LogP contribution in [0.1, 0.15) is 39.0 Å². The zero-order valence-corrected chi connectivity index (χ0v) is 9.25. The van der Waals surface area contributed by atoms with Gasteiger partial charge in [0.05, 0.1) is 11.5 Å². The third kappa shape index (κ3) is 2.69. The van der Waals surface area contributed by atoms with E-state index in [2.05, 4.69) is 11.4 Å². The van der Waals surface area contributed by atoms with Gasteiger partial charge in [0.2, 0.25) is 5.91 Å². The monoisotopic (exact) mass is 209 g/mol. The first-order chi connectivity index (χ1) is 7.11. The van der Waals surface area contributed by atoms with Crippen LogP contribution in [-0.4, -0.2) is 18.5 Å². The van der Waals surface area contributed by atoms with Crippen LogP contribution in [0.3, 0.4) is 0 Å². The van der Waals surface area contributed by atoms with Crippen LogP contribution < -0.4 is 11.1 Å². The number of hydrogen-bond acceptors (Lipinski definition) is 3. The van der Waals surface area contributed by atoms with E-state index in [1.54, 1.807) is 0 Å². The third-order valence-electron chi connectivity index (χ3n) is 3.30. The van der Waals surface area contributed by atoms with Crippen LogP contribution in [0.25, 0.3) is 0 Å². The molecule has 0 aliphatic heterocycles. The SMILES string of the molecule is CC1(C(=O)NCCCC#N)CCCC1N. The molecule has 2 unspecified atom stereocenters. The molecule has 0 bridgehead atoms. The van der Waals surface area contributed by atoms with Gasteiger partial charge in [0.25, 0.3) is 0 Å². The Morgan fingerprint density at radius 1 is 1.73 bits per heavy atom. The van der Waals surface area contributed by atoms with E-state index >= 15 is 0 Å². The molecule has 1 rings (SSSR count). The highest BCUT2D eigenvalue weighted by Gasteiger charge is 2.42. The van der Waals surface area contributed by atoms with Crippen LogP contribution in [0, 0.1) is 16.7 Å². The number of carbonyl (C=O) groups excluding carboxylic acids is 1. The summed E-state index contributed by atoms with van der Waals surface area (Å²) in [5.41, 5.74) is 5.54. The van der Waals surface area contributed by atoms with Crippen molar-refractivity contribution in [2.75, 3.05) is 6.54 Å². The van der Waals surface area contributed by atoms with E-state index in [0.29, 0.717) is 19.4 Å². The Hall–Kier alpha value is -1.08. The van der Waals surface area contributed by atoms with Gasteiger partial charge in [-0.2, -0.15) is 5.26 Å². The summed E-state index contributed by atoms with van der Waals surface area (Å²) in [6, 6.07) is 2.03. The van der Waals surface area contributed by atoms with Crippen LogP contribution in [0.15, 0.2) is 0 Å². The van der Waals surface area contributed by atoms with Gasteiger partial charge in [-0.3, -0.25) is 4.79 Å². The second kappa shape index (κ2) is 5.13. The van der Waals surface area contributed by atoms with Gasteiger partial charge >= 0.3 is 0 Å². The fourth-order valence-electron chi connectivity index (χ4n) is 2.05. The largest absolute Gasteiger partial charge is 0.356 e. The lowest BCUT2D eigenvalue weighted by Crippen LogP contribution is -2.47. The minimum Gasteiger partial charge on any atom is -0.356 e. The lowest BCUT2D eigenvalue weighted by Gasteiger charge is -2.27. The summed E-state index contributed by atoms with van der Waals surface area (Å²) < 4.78 is 0. The summed E-state index contributed by atoms with van der Waals surface area (Å²) in [7, 11) is 0. The molecule has 3 N–H and O–H groups in total. The zero-order valence-electron chi connectivity index (χ0n) is 9.25. The standard InChI is InChI=1S/C11H19N3O/c1-11(6-4-5-9(11)13)10(15)14-8-3-2-7-12/h9H,2-6,8,13H2,1H3,(H,14,15). The van der Waals surface area contributed by atoms with Gasteiger partial charge in [-0.15, -0.1) is 0 Å². The van der Waals surface area contributed by atoms with E-state index in [9.17, 15) is 4.79 Å². The molecule has 0 aromatic rings. The number of nitrogens with zero attached hydrogens (tertiary/aromatic N) is 1. The maximum absolute atomic E-state index is 11.9. The summed E-state index contributed by atoms with van der Waals surface area (Å²) in [5.74, 6) is 0.0467. The first-order valence-corrected chi connectivity index (χ1v) is 5.52. The fraction of sp³-hybridized carbons (Fsp3) is 0.818. The summed E-state index contributed by atoms with van der Waals surface area (Å²) >= 11 is 0.